The average molecular weight is 524 g/mol. The number of halogens is 3. The van der Waals surface area contributed by atoms with Gasteiger partial charge in [0.05, 0.1) is 17.6 Å². The molecular weight excluding hydrogens is 505 g/mol. The van der Waals surface area contributed by atoms with E-state index in [-0.39, 0.29) is 24.2 Å². The SMILES string of the molecule is CC(=O)OCC1=CS[C@@H]2[C@H](NC(=O)CNc3ccnc4cc(C(F)(F)F)ccc34)C(=O)N2C1C(=O)O. The number of hydrogen-bond acceptors (Lipinski definition) is 8. The van der Waals surface area contributed by atoms with Gasteiger partial charge < -0.3 is 25.4 Å². The molecule has 1 fully saturated rings. The van der Waals surface area contributed by atoms with Crippen molar-refractivity contribution in [1.82, 2.24) is 15.2 Å². The van der Waals surface area contributed by atoms with Gasteiger partial charge in [0.1, 0.15) is 18.0 Å². The van der Waals surface area contributed by atoms with E-state index in [1.807, 2.05) is 0 Å². The van der Waals surface area contributed by atoms with Gasteiger partial charge in [0, 0.05) is 29.8 Å². The van der Waals surface area contributed by atoms with Crippen molar-refractivity contribution < 1.29 is 42.2 Å². The Kier molecular flexibility index (Phi) is 6.80. The predicted octanol–water partition coefficient (Wildman–Crippen LogP) is 1.97. The van der Waals surface area contributed by atoms with E-state index >= 15 is 0 Å². The average Bonchev–Trinajstić information content (AvgIpc) is 2.82. The van der Waals surface area contributed by atoms with Crippen molar-refractivity contribution in [2.24, 2.45) is 0 Å². The molecule has 3 N–H and O–H groups in total. The lowest BCUT2D eigenvalue weighted by molar-refractivity contribution is -0.160. The summed E-state index contributed by atoms with van der Waals surface area (Å²) >= 11 is 1.12. The maximum atomic E-state index is 13.0. The Labute approximate surface area is 205 Å². The summed E-state index contributed by atoms with van der Waals surface area (Å²) in [6, 6.07) is 2.29. The molecule has 1 aromatic carbocycles. The van der Waals surface area contributed by atoms with Crippen molar-refractivity contribution in [3.8, 4) is 0 Å². The molecule has 3 heterocycles. The number of carboxylic acid groups (broad SMARTS) is 1. The van der Waals surface area contributed by atoms with Crippen molar-refractivity contribution in [2.75, 3.05) is 18.5 Å². The second-order valence-electron chi connectivity index (χ2n) is 7.97. The molecule has 0 aliphatic carbocycles. The highest BCUT2D eigenvalue weighted by atomic mass is 32.2. The summed E-state index contributed by atoms with van der Waals surface area (Å²) in [6.07, 6.45) is -3.21. The first kappa shape index (κ1) is 25.3. The molecule has 14 heteroatoms. The highest BCUT2D eigenvalue weighted by Gasteiger charge is 2.55. The lowest BCUT2D eigenvalue weighted by Crippen LogP contribution is -2.74. The third kappa shape index (κ3) is 4.94. The maximum Gasteiger partial charge on any atom is 0.416 e. The molecule has 1 aromatic heterocycles. The number of rotatable bonds is 7. The maximum absolute atomic E-state index is 13.0. The summed E-state index contributed by atoms with van der Waals surface area (Å²) in [4.78, 5) is 53.1. The fourth-order valence-electron chi connectivity index (χ4n) is 3.89. The molecule has 0 bridgehead atoms. The Morgan fingerprint density at radius 2 is 2.00 bits per heavy atom. The van der Waals surface area contributed by atoms with Gasteiger partial charge in [0.15, 0.2) is 6.04 Å². The van der Waals surface area contributed by atoms with Gasteiger partial charge >= 0.3 is 18.1 Å². The lowest BCUT2D eigenvalue weighted by atomic mass is 9.98. The number of aliphatic carboxylic acids is 1. The third-order valence-corrected chi connectivity index (χ3v) is 6.79. The number of carboxylic acids is 1. The summed E-state index contributed by atoms with van der Waals surface area (Å²) in [5.74, 6) is -3.07. The number of fused-ring (bicyclic) bond motifs is 2. The van der Waals surface area contributed by atoms with Crippen molar-refractivity contribution in [3.05, 3.63) is 47.0 Å². The predicted molar refractivity (Wildman–Crippen MR) is 122 cm³/mol. The molecule has 1 saturated heterocycles. The third-order valence-electron chi connectivity index (χ3n) is 5.57. The Hall–Kier alpha value is -3.81. The molecule has 2 aromatic rings. The minimum Gasteiger partial charge on any atom is -0.479 e. The van der Waals surface area contributed by atoms with E-state index in [1.165, 1.54) is 30.7 Å². The molecule has 0 radical (unpaired) electrons. The van der Waals surface area contributed by atoms with E-state index in [0.29, 0.717) is 11.1 Å². The molecule has 36 heavy (non-hydrogen) atoms. The number of ether oxygens (including phenoxy) is 1. The Bertz CT molecular complexity index is 1280. The Balaban J connectivity index is 1.40. The van der Waals surface area contributed by atoms with Crippen LogP contribution in [0.25, 0.3) is 10.9 Å². The van der Waals surface area contributed by atoms with Gasteiger partial charge in [-0.05, 0) is 23.6 Å². The topological polar surface area (TPSA) is 138 Å². The summed E-state index contributed by atoms with van der Waals surface area (Å²) < 4.78 is 43.7. The number of thioether (sulfide) groups is 1. The largest absolute Gasteiger partial charge is 0.479 e. The zero-order valence-corrected chi connectivity index (χ0v) is 19.4. The van der Waals surface area contributed by atoms with Crippen LogP contribution in [0.4, 0.5) is 18.9 Å². The number of carbonyl (C=O) groups excluding carboxylic acids is 3. The Morgan fingerprint density at radius 1 is 1.25 bits per heavy atom. The number of benzene rings is 1. The number of hydrogen-bond donors (Lipinski definition) is 3. The van der Waals surface area contributed by atoms with Crippen LogP contribution in [0.5, 0.6) is 0 Å². The quantitative estimate of drug-likeness (QED) is 0.367. The fourth-order valence-corrected chi connectivity index (χ4v) is 5.10. The van der Waals surface area contributed by atoms with Gasteiger partial charge in [-0.15, -0.1) is 11.8 Å². The second kappa shape index (κ2) is 9.68. The molecule has 2 aliphatic heterocycles. The van der Waals surface area contributed by atoms with E-state index in [4.69, 9.17) is 4.74 Å². The van der Waals surface area contributed by atoms with Crippen LogP contribution in [0.3, 0.4) is 0 Å². The number of pyridine rings is 1. The number of β-lactam (4-membered cyclic amide) rings is 1. The molecule has 4 rings (SSSR count). The van der Waals surface area contributed by atoms with Gasteiger partial charge in [0.2, 0.25) is 11.8 Å². The molecule has 0 spiro atoms. The normalized spacial score (nSPS) is 21.2. The number of alkyl halides is 3. The number of carbonyl (C=O) groups is 4. The van der Waals surface area contributed by atoms with E-state index in [2.05, 4.69) is 15.6 Å². The molecule has 10 nitrogen and oxygen atoms in total. The van der Waals surface area contributed by atoms with Gasteiger partial charge in [0.25, 0.3) is 0 Å². The summed E-state index contributed by atoms with van der Waals surface area (Å²) in [6.45, 7) is 0.607. The molecule has 2 amide bonds. The minimum absolute atomic E-state index is 0.0923. The number of nitrogens with one attached hydrogen (secondary N) is 2. The number of amides is 2. The monoisotopic (exact) mass is 524 g/mol. The summed E-state index contributed by atoms with van der Waals surface area (Å²) in [5.41, 5.74) is -0.145. The molecule has 2 aliphatic rings. The first-order valence-corrected chi connectivity index (χ1v) is 11.4. The van der Waals surface area contributed by atoms with Crippen LogP contribution in [0.15, 0.2) is 41.4 Å². The minimum atomic E-state index is -4.52. The first-order chi connectivity index (χ1) is 17.0. The van der Waals surface area contributed by atoms with Gasteiger partial charge in [-0.2, -0.15) is 13.2 Å². The van der Waals surface area contributed by atoms with Gasteiger partial charge in [-0.3, -0.25) is 19.4 Å². The van der Waals surface area contributed by atoms with Crippen molar-refractivity contribution in [1.29, 1.82) is 0 Å². The van der Waals surface area contributed by atoms with Crippen molar-refractivity contribution >= 4 is 52.1 Å². The van der Waals surface area contributed by atoms with Crippen LogP contribution in [-0.2, 0) is 30.1 Å². The van der Waals surface area contributed by atoms with Crippen molar-refractivity contribution in [3.63, 3.8) is 0 Å². The fraction of sp³-hybridized carbons (Fsp3) is 0.318. The molecule has 1 unspecified atom stereocenters. The van der Waals surface area contributed by atoms with E-state index < -0.39 is 53.0 Å². The van der Waals surface area contributed by atoms with Crippen LogP contribution < -0.4 is 10.6 Å². The van der Waals surface area contributed by atoms with Crippen molar-refractivity contribution in [2.45, 2.75) is 30.6 Å². The summed E-state index contributed by atoms with van der Waals surface area (Å²) in [7, 11) is 0. The van der Waals surface area contributed by atoms with Crippen LogP contribution in [-0.4, -0.2) is 69.4 Å². The van der Waals surface area contributed by atoms with E-state index in [9.17, 15) is 37.5 Å². The zero-order valence-electron chi connectivity index (χ0n) is 18.5. The van der Waals surface area contributed by atoms with Crippen LogP contribution >= 0.6 is 11.8 Å². The number of aromatic nitrogens is 1. The number of esters is 1. The lowest BCUT2D eigenvalue weighted by Gasteiger charge is -2.51. The zero-order chi connectivity index (χ0) is 26.2. The molecule has 3 atom stereocenters. The van der Waals surface area contributed by atoms with Crippen LogP contribution in [0, 0.1) is 0 Å². The molecular formula is C22H19F3N4O6S. The first-order valence-electron chi connectivity index (χ1n) is 10.5. The van der Waals surface area contributed by atoms with E-state index in [1.54, 1.807) is 0 Å². The Morgan fingerprint density at radius 3 is 2.67 bits per heavy atom. The molecule has 0 saturated carbocycles. The number of anilines is 1. The summed E-state index contributed by atoms with van der Waals surface area (Å²) in [5, 5.41) is 16.2. The number of nitrogens with zero attached hydrogens (tertiary/aromatic N) is 2. The highest BCUT2D eigenvalue weighted by Crippen LogP contribution is 2.40. The van der Waals surface area contributed by atoms with Gasteiger partial charge in [-0.1, -0.05) is 6.07 Å². The second-order valence-corrected chi connectivity index (χ2v) is 8.96. The highest BCUT2D eigenvalue weighted by molar-refractivity contribution is 8.02. The van der Waals surface area contributed by atoms with E-state index in [0.717, 1.165) is 28.8 Å². The van der Waals surface area contributed by atoms with Crippen LogP contribution in [0.2, 0.25) is 0 Å². The van der Waals surface area contributed by atoms with Gasteiger partial charge in [-0.25, -0.2) is 4.79 Å². The van der Waals surface area contributed by atoms with Crippen LogP contribution in [0.1, 0.15) is 12.5 Å². The smallest absolute Gasteiger partial charge is 0.416 e. The standard InChI is InChI=1S/C22H19F3N4O6S/c1-10(30)35-8-11-9-36-20-17(19(32)29(20)18(11)21(33)34)28-16(31)7-27-14-4-5-26-15-6-12(22(23,24)25)2-3-13(14)15/h2-6,9,17-18,20H,7-8H2,1H3,(H,26,27)(H,28,31)(H,33,34)/t17-,18?,20-/m1/s1. The molecule has 190 valence electrons.